The number of furan rings is 1. The lowest BCUT2D eigenvalue weighted by molar-refractivity contribution is 0.0844. The van der Waals surface area contributed by atoms with Crippen molar-refractivity contribution in [2.75, 3.05) is 7.11 Å². The molecule has 0 bridgehead atoms. The fourth-order valence-electron chi connectivity index (χ4n) is 2.69. The highest BCUT2D eigenvalue weighted by Crippen LogP contribution is 2.29. The number of hydrogen-bond donors (Lipinski definition) is 2. The Labute approximate surface area is 160 Å². The normalized spacial score (nSPS) is 10.5. The van der Waals surface area contributed by atoms with Gasteiger partial charge >= 0.3 is 0 Å². The molecule has 140 valence electrons. The first kappa shape index (κ1) is 18.6. The Hall–Kier alpha value is -3.19. The van der Waals surface area contributed by atoms with Crippen LogP contribution in [0.2, 0.25) is 5.02 Å². The van der Waals surface area contributed by atoms with Crippen molar-refractivity contribution >= 4 is 23.4 Å². The highest BCUT2D eigenvalue weighted by Gasteiger charge is 2.19. The SMILES string of the molecule is COc1cc(-n2cccc2)c(Cl)cc1C(=O)NNC(=O)c1cc(C)oc1C. The van der Waals surface area contributed by atoms with E-state index in [0.29, 0.717) is 33.5 Å². The van der Waals surface area contributed by atoms with Crippen LogP contribution >= 0.6 is 11.6 Å². The summed E-state index contributed by atoms with van der Waals surface area (Å²) >= 11 is 6.32. The predicted octanol–water partition coefficient (Wildman–Crippen LogP) is 3.42. The second kappa shape index (κ2) is 7.59. The number of ether oxygens (including phenoxy) is 1. The van der Waals surface area contributed by atoms with E-state index in [9.17, 15) is 9.59 Å². The van der Waals surface area contributed by atoms with Gasteiger partial charge in [0.1, 0.15) is 17.3 Å². The minimum absolute atomic E-state index is 0.193. The molecule has 0 saturated heterocycles. The molecule has 3 aromatic rings. The van der Waals surface area contributed by atoms with E-state index in [1.807, 2.05) is 24.5 Å². The van der Waals surface area contributed by atoms with Gasteiger partial charge in [-0.1, -0.05) is 11.6 Å². The molecular formula is C19H18ClN3O4. The number of halogens is 1. The number of benzene rings is 1. The maximum atomic E-state index is 12.5. The topological polar surface area (TPSA) is 85.5 Å². The van der Waals surface area contributed by atoms with E-state index in [1.54, 1.807) is 30.5 Å². The van der Waals surface area contributed by atoms with Crippen LogP contribution in [0.1, 0.15) is 32.2 Å². The first-order valence-electron chi connectivity index (χ1n) is 8.09. The van der Waals surface area contributed by atoms with E-state index in [0.717, 1.165) is 0 Å². The number of aromatic nitrogens is 1. The number of aryl methyl sites for hydroxylation is 2. The Morgan fingerprint density at radius 1 is 1.04 bits per heavy atom. The molecule has 0 radical (unpaired) electrons. The van der Waals surface area contributed by atoms with Crippen LogP contribution in [0.3, 0.4) is 0 Å². The van der Waals surface area contributed by atoms with Crippen LogP contribution in [0, 0.1) is 13.8 Å². The third-order valence-electron chi connectivity index (χ3n) is 3.97. The summed E-state index contributed by atoms with van der Waals surface area (Å²) in [5, 5.41) is 0.366. The van der Waals surface area contributed by atoms with Crippen molar-refractivity contribution in [3.63, 3.8) is 0 Å². The van der Waals surface area contributed by atoms with Gasteiger partial charge in [-0.25, -0.2) is 0 Å². The van der Waals surface area contributed by atoms with Crippen LogP contribution < -0.4 is 15.6 Å². The smallest absolute Gasteiger partial charge is 0.273 e. The average Bonchev–Trinajstić information content (AvgIpc) is 3.28. The van der Waals surface area contributed by atoms with Gasteiger partial charge in [-0.2, -0.15) is 0 Å². The second-order valence-corrected chi connectivity index (χ2v) is 6.24. The summed E-state index contributed by atoms with van der Waals surface area (Å²) in [5.41, 5.74) is 5.94. The second-order valence-electron chi connectivity index (χ2n) is 5.83. The number of carbonyl (C=O) groups excluding carboxylic acids is 2. The van der Waals surface area contributed by atoms with Crippen molar-refractivity contribution in [1.82, 2.24) is 15.4 Å². The maximum absolute atomic E-state index is 12.5. The molecule has 0 unspecified atom stereocenters. The van der Waals surface area contributed by atoms with Gasteiger partial charge in [-0.15, -0.1) is 0 Å². The van der Waals surface area contributed by atoms with Gasteiger partial charge in [0.05, 0.1) is 28.9 Å². The first-order chi connectivity index (χ1) is 12.9. The lowest BCUT2D eigenvalue weighted by Crippen LogP contribution is -2.41. The predicted molar refractivity (Wildman–Crippen MR) is 100 cm³/mol. The lowest BCUT2D eigenvalue weighted by atomic mass is 10.1. The summed E-state index contributed by atoms with van der Waals surface area (Å²) in [6.07, 6.45) is 3.66. The van der Waals surface area contributed by atoms with Gasteiger partial charge in [-0.3, -0.25) is 20.4 Å². The summed E-state index contributed by atoms with van der Waals surface area (Å²) in [6, 6.07) is 8.46. The van der Waals surface area contributed by atoms with Gasteiger partial charge in [0.2, 0.25) is 0 Å². The van der Waals surface area contributed by atoms with Gasteiger partial charge in [-0.05, 0) is 38.1 Å². The summed E-state index contributed by atoms with van der Waals surface area (Å²) in [6.45, 7) is 3.41. The standard InChI is InChI=1S/C19H18ClN3O4/c1-11-8-13(12(2)27-11)18(24)21-22-19(25)14-9-15(20)16(10-17(14)26-3)23-6-4-5-7-23/h4-10H,1-3H3,(H,21,24)(H,22,25). The molecule has 2 aromatic heterocycles. The molecule has 7 nitrogen and oxygen atoms in total. The molecule has 0 spiro atoms. The Bertz CT molecular complexity index is 993. The van der Waals surface area contributed by atoms with Crippen LogP contribution in [0.25, 0.3) is 5.69 Å². The van der Waals surface area contributed by atoms with Gasteiger partial charge in [0, 0.05) is 18.5 Å². The van der Waals surface area contributed by atoms with E-state index in [-0.39, 0.29) is 5.56 Å². The summed E-state index contributed by atoms with van der Waals surface area (Å²) in [4.78, 5) is 24.7. The number of rotatable bonds is 4. The van der Waals surface area contributed by atoms with Crippen molar-refractivity contribution in [2.45, 2.75) is 13.8 Å². The molecule has 8 heteroatoms. The molecule has 0 fully saturated rings. The maximum Gasteiger partial charge on any atom is 0.273 e. The van der Waals surface area contributed by atoms with Crippen LogP contribution in [0.4, 0.5) is 0 Å². The number of nitrogens with one attached hydrogen (secondary N) is 2. The minimum Gasteiger partial charge on any atom is -0.496 e. The van der Waals surface area contributed by atoms with E-state index < -0.39 is 11.8 Å². The Balaban J connectivity index is 1.79. The lowest BCUT2D eigenvalue weighted by Gasteiger charge is -2.14. The van der Waals surface area contributed by atoms with E-state index in [2.05, 4.69) is 10.9 Å². The molecule has 0 aliphatic rings. The molecule has 0 atom stereocenters. The summed E-state index contributed by atoms with van der Waals surface area (Å²) in [7, 11) is 1.45. The fourth-order valence-corrected chi connectivity index (χ4v) is 2.95. The van der Waals surface area contributed by atoms with Crippen molar-refractivity contribution in [3.05, 3.63) is 70.4 Å². The molecule has 3 rings (SSSR count). The quantitative estimate of drug-likeness (QED) is 0.671. The molecule has 0 saturated carbocycles. The molecule has 2 N–H and O–H groups in total. The van der Waals surface area contributed by atoms with Crippen LogP contribution in [-0.4, -0.2) is 23.5 Å². The minimum atomic E-state index is -0.556. The molecule has 2 heterocycles. The highest BCUT2D eigenvalue weighted by atomic mass is 35.5. The largest absolute Gasteiger partial charge is 0.496 e. The van der Waals surface area contributed by atoms with Gasteiger partial charge in [0.25, 0.3) is 11.8 Å². The fraction of sp³-hybridized carbons (Fsp3) is 0.158. The molecular weight excluding hydrogens is 370 g/mol. The summed E-state index contributed by atoms with van der Waals surface area (Å²) < 4.78 is 12.4. The number of hydrogen-bond acceptors (Lipinski definition) is 4. The number of amides is 2. The third kappa shape index (κ3) is 3.83. The zero-order chi connectivity index (χ0) is 19.6. The Morgan fingerprint density at radius 3 is 2.22 bits per heavy atom. The Morgan fingerprint density at radius 2 is 1.67 bits per heavy atom. The van der Waals surface area contributed by atoms with E-state index in [1.165, 1.54) is 13.2 Å². The zero-order valence-corrected chi connectivity index (χ0v) is 15.8. The van der Waals surface area contributed by atoms with Crippen molar-refractivity contribution in [3.8, 4) is 11.4 Å². The number of carbonyl (C=O) groups is 2. The first-order valence-corrected chi connectivity index (χ1v) is 8.47. The molecule has 1 aromatic carbocycles. The van der Waals surface area contributed by atoms with Gasteiger partial charge in [0.15, 0.2) is 0 Å². The highest BCUT2D eigenvalue weighted by molar-refractivity contribution is 6.33. The molecule has 0 aliphatic carbocycles. The van der Waals surface area contributed by atoms with Crippen molar-refractivity contribution in [1.29, 1.82) is 0 Å². The average molecular weight is 388 g/mol. The third-order valence-corrected chi connectivity index (χ3v) is 4.27. The number of methoxy groups -OCH3 is 1. The molecule has 0 aliphatic heterocycles. The Kier molecular flexibility index (Phi) is 5.23. The number of nitrogens with zero attached hydrogens (tertiary/aromatic N) is 1. The molecule has 2 amide bonds. The van der Waals surface area contributed by atoms with Crippen LogP contribution in [-0.2, 0) is 0 Å². The van der Waals surface area contributed by atoms with Crippen molar-refractivity contribution < 1.29 is 18.7 Å². The van der Waals surface area contributed by atoms with Crippen LogP contribution in [0.5, 0.6) is 5.75 Å². The van der Waals surface area contributed by atoms with Crippen molar-refractivity contribution in [2.24, 2.45) is 0 Å². The number of hydrazine groups is 1. The molecule has 27 heavy (non-hydrogen) atoms. The van der Waals surface area contributed by atoms with E-state index in [4.69, 9.17) is 20.8 Å². The zero-order valence-electron chi connectivity index (χ0n) is 15.0. The summed E-state index contributed by atoms with van der Waals surface area (Å²) in [5.74, 6) is 0.366. The van der Waals surface area contributed by atoms with Gasteiger partial charge < -0.3 is 13.7 Å². The van der Waals surface area contributed by atoms with Crippen LogP contribution in [0.15, 0.2) is 47.1 Å². The van der Waals surface area contributed by atoms with E-state index >= 15 is 0 Å². The monoisotopic (exact) mass is 387 g/mol.